The first-order valence-electron chi connectivity index (χ1n) is 18.2. The minimum atomic E-state index is -0.896. The van der Waals surface area contributed by atoms with Crippen LogP contribution in [0.15, 0.2) is 102 Å². The van der Waals surface area contributed by atoms with Gasteiger partial charge in [-0.1, -0.05) is 60.7 Å². The molecule has 3 aliphatic heterocycles. The van der Waals surface area contributed by atoms with Crippen molar-refractivity contribution in [2.45, 2.75) is 44.2 Å². The van der Waals surface area contributed by atoms with Gasteiger partial charge in [0.15, 0.2) is 0 Å². The number of carbonyl (C=O) groups is 1. The highest BCUT2D eigenvalue weighted by Gasteiger charge is 2.40. The zero-order chi connectivity index (χ0) is 36.0. The van der Waals surface area contributed by atoms with Crippen LogP contribution in [0, 0.1) is 5.92 Å². The largest absolute Gasteiger partial charge is 0.506 e. The number of phenols is 1. The summed E-state index contributed by atoms with van der Waals surface area (Å²) in [6, 6.07) is 30.4. The highest BCUT2D eigenvalue weighted by atomic mass is 19.0. The number of hydrogen-bond acceptors (Lipinski definition) is 7. The molecule has 4 heterocycles. The Hall–Kier alpha value is -5.30. The van der Waals surface area contributed by atoms with Gasteiger partial charge in [-0.3, -0.25) is 19.1 Å². The lowest BCUT2D eigenvalue weighted by atomic mass is 9.82. The Labute approximate surface area is 312 Å². The van der Waals surface area contributed by atoms with Crippen LogP contribution in [0.4, 0.5) is 19.9 Å². The molecule has 1 aromatic heterocycles. The fraction of sp³-hybridized carbons (Fsp3) is 0.333. The first kappa shape index (κ1) is 39.9. The third-order valence-electron chi connectivity index (χ3n) is 10.5. The van der Waals surface area contributed by atoms with Crippen LogP contribution in [0.25, 0.3) is 22.0 Å². The summed E-state index contributed by atoms with van der Waals surface area (Å²) in [7, 11) is 0. The van der Waals surface area contributed by atoms with Crippen molar-refractivity contribution in [2.24, 2.45) is 5.92 Å². The van der Waals surface area contributed by atoms with Crippen LogP contribution in [-0.2, 0) is 12.8 Å². The van der Waals surface area contributed by atoms with Crippen molar-refractivity contribution in [1.82, 2.24) is 15.2 Å². The molecule has 3 aliphatic rings. The lowest BCUT2D eigenvalue weighted by Gasteiger charge is -2.48. The predicted octanol–water partition coefficient (Wildman–Crippen LogP) is 6.66. The van der Waals surface area contributed by atoms with Crippen molar-refractivity contribution in [1.29, 1.82) is 0 Å². The molecule has 2 bridgehead atoms. The third-order valence-corrected chi connectivity index (χ3v) is 10.5. The number of benzene rings is 4. The van der Waals surface area contributed by atoms with E-state index >= 15 is 0 Å². The zero-order valence-corrected chi connectivity index (χ0v) is 30.0. The molecule has 5 N–H and O–H groups in total. The topological polar surface area (TPSA) is 138 Å². The van der Waals surface area contributed by atoms with Crippen molar-refractivity contribution in [3.05, 3.63) is 124 Å². The van der Waals surface area contributed by atoms with E-state index in [-0.39, 0.29) is 26.8 Å². The number of nitrogens with one attached hydrogen (secondary N) is 2. The van der Waals surface area contributed by atoms with Gasteiger partial charge in [-0.15, -0.1) is 0 Å². The van der Waals surface area contributed by atoms with E-state index in [1.165, 1.54) is 12.1 Å². The number of aliphatic hydroxyl groups excluding tert-OH is 1. The summed E-state index contributed by atoms with van der Waals surface area (Å²) in [5, 5.41) is 35.5. The van der Waals surface area contributed by atoms with Gasteiger partial charge in [-0.25, -0.2) is 4.79 Å². The average molecular weight is 743 g/mol. The number of amides is 1. The first-order valence-corrected chi connectivity index (χ1v) is 18.2. The van der Waals surface area contributed by atoms with Gasteiger partial charge >= 0.3 is 6.09 Å². The van der Waals surface area contributed by atoms with Crippen LogP contribution in [0.5, 0.6) is 11.5 Å². The van der Waals surface area contributed by atoms with Crippen LogP contribution in [-0.4, -0.2) is 76.7 Å². The van der Waals surface area contributed by atoms with Gasteiger partial charge < -0.3 is 35.3 Å². The summed E-state index contributed by atoms with van der Waals surface area (Å²) in [6.07, 6.45) is 2.64. The number of aryl methyl sites for hydroxylation is 1. The van der Waals surface area contributed by atoms with Crippen LogP contribution in [0.3, 0.4) is 0 Å². The Kier molecular flexibility index (Phi) is 13.4. The number of halogens is 2. The fourth-order valence-corrected chi connectivity index (χ4v) is 7.83. The van der Waals surface area contributed by atoms with Crippen LogP contribution >= 0.6 is 0 Å². The molecule has 0 unspecified atom stereocenters. The molecule has 12 heteroatoms. The molecular formula is C42H48F2N4O6. The van der Waals surface area contributed by atoms with Gasteiger partial charge in [0.05, 0.1) is 30.0 Å². The minimum Gasteiger partial charge on any atom is -0.506 e. The first-order chi connectivity index (χ1) is 25.3. The third kappa shape index (κ3) is 9.07. The quantitative estimate of drug-likeness (QED) is 0.0797. The number of piperidine rings is 3. The smallest absolute Gasteiger partial charge is 0.412 e. The molecule has 2 atom stereocenters. The molecule has 4 aromatic carbocycles. The molecule has 1 amide bonds. The number of pyridine rings is 1. The van der Waals surface area contributed by atoms with E-state index in [9.17, 15) is 24.9 Å². The Balaban J connectivity index is 0.00000280. The standard InChI is InChI=1S/C42H46N4O6.2FH/c47-38-15-13-34(35-14-16-40(49)44-41(35)38)39(48)26-43-20-17-29-6-4-10-32(24-29)52-23-5-7-28-11-12-33(30-8-2-1-3-9-30)36(25-28)46(42(50)51)37-27-45-21-18-31(37)19-22-45;;/h1-4,6,8-16,24-25,31,37,39,43,47-48H,5,7,17-23,26-27H2,(H,44,49)(H,50,51);2*1H/t37-,39-;;/m0../s1. The van der Waals surface area contributed by atoms with E-state index in [0.29, 0.717) is 42.1 Å². The maximum atomic E-state index is 12.9. The molecule has 0 radical (unpaired) electrons. The van der Waals surface area contributed by atoms with Crippen LogP contribution < -0.4 is 20.5 Å². The number of hydrogen-bond donors (Lipinski definition) is 5. The molecule has 54 heavy (non-hydrogen) atoms. The second-order valence-corrected chi connectivity index (χ2v) is 13.9. The number of anilines is 1. The van der Waals surface area contributed by atoms with Crippen LogP contribution in [0.2, 0.25) is 0 Å². The lowest BCUT2D eigenvalue weighted by molar-refractivity contribution is 0.0837. The number of aliphatic hydroxyl groups is 1. The van der Waals surface area contributed by atoms with Gasteiger partial charge in [0.1, 0.15) is 11.5 Å². The second-order valence-electron chi connectivity index (χ2n) is 13.9. The SMILES string of the molecule is F.F.O=C(O)N(c1cc(CCCOc2cccc(CCNC[C@H](O)c3ccc(O)c4[nH]c(=O)ccc34)c2)ccc1-c1ccccc1)[C@H]1CN2CCC1CC2. The number of phenolic OH excluding ortho intramolecular Hbond substituents is 1. The molecule has 3 fully saturated rings. The Bertz CT molecular complexity index is 2070. The lowest BCUT2D eigenvalue weighted by Crippen LogP contribution is -2.59. The van der Waals surface area contributed by atoms with Gasteiger partial charge in [-0.05, 0) is 110 Å². The number of aromatic nitrogens is 1. The molecule has 3 saturated heterocycles. The number of H-pyrrole nitrogens is 1. The monoisotopic (exact) mass is 742 g/mol. The highest BCUT2D eigenvalue weighted by molar-refractivity contribution is 5.94. The van der Waals surface area contributed by atoms with Gasteiger partial charge in [0, 0.05) is 30.1 Å². The zero-order valence-electron chi connectivity index (χ0n) is 30.0. The molecule has 0 spiro atoms. The molecular weight excluding hydrogens is 694 g/mol. The summed E-state index contributed by atoms with van der Waals surface area (Å²) in [5.41, 5.74) is 5.53. The molecule has 0 saturated carbocycles. The van der Waals surface area contributed by atoms with Crippen molar-refractivity contribution in [3.8, 4) is 22.6 Å². The molecule has 10 nitrogen and oxygen atoms in total. The minimum absolute atomic E-state index is 0. The summed E-state index contributed by atoms with van der Waals surface area (Å²) < 4.78 is 6.15. The van der Waals surface area contributed by atoms with Gasteiger partial charge in [0.2, 0.25) is 5.56 Å². The van der Waals surface area contributed by atoms with Crippen molar-refractivity contribution in [3.63, 3.8) is 0 Å². The molecule has 0 aliphatic carbocycles. The Morgan fingerprint density at radius 1 is 0.926 bits per heavy atom. The number of ether oxygens (including phenoxy) is 1. The van der Waals surface area contributed by atoms with E-state index in [4.69, 9.17) is 4.74 Å². The molecule has 8 rings (SSSR count). The van der Waals surface area contributed by atoms with Crippen molar-refractivity contribution < 1.29 is 34.3 Å². The van der Waals surface area contributed by atoms with E-state index in [2.05, 4.69) is 33.4 Å². The van der Waals surface area contributed by atoms with E-state index in [0.717, 1.165) is 85.4 Å². The summed E-state index contributed by atoms with van der Waals surface area (Å²) >= 11 is 0. The highest BCUT2D eigenvalue weighted by Crippen LogP contribution is 2.39. The Morgan fingerprint density at radius 3 is 2.44 bits per heavy atom. The maximum absolute atomic E-state index is 12.9. The van der Waals surface area contributed by atoms with Crippen molar-refractivity contribution in [2.75, 3.05) is 44.2 Å². The number of aromatic amines is 1. The predicted molar refractivity (Wildman–Crippen MR) is 208 cm³/mol. The van der Waals surface area contributed by atoms with Gasteiger partial charge in [-0.2, -0.15) is 0 Å². The summed E-state index contributed by atoms with van der Waals surface area (Å²) in [4.78, 5) is 31.3. The van der Waals surface area contributed by atoms with Gasteiger partial charge in [0.25, 0.3) is 0 Å². The maximum Gasteiger partial charge on any atom is 0.412 e. The number of rotatable bonds is 14. The normalized spacial score (nSPS) is 18.0. The fourth-order valence-electron chi connectivity index (χ4n) is 7.83. The summed E-state index contributed by atoms with van der Waals surface area (Å²) in [6.45, 7) is 4.36. The van der Waals surface area contributed by atoms with Crippen LogP contribution in [0.1, 0.15) is 42.1 Å². The number of nitrogens with zero attached hydrogens (tertiary/aromatic N) is 2. The van der Waals surface area contributed by atoms with E-state index < -0.39 is 12.2 Å². The second kappa shape index (κ2) is 18.2. The average Bonchev–Trinajstić information content (AvgIpc) is 3.16. The van der Waals surface area contributed by atoms with E-state index in [1.54, 1.807) is 17.0 Å². The molecule has 286 valence electrons. The van der Waals surface area contributed by atoms with E-state index in [1.807, 2.05) is 54.6 Å². The number of carboxylic acid groups (broad SMARTS) is 1. The Morgan fingerprint density at radius 2 is 1.70 bits per heavy atom. The van der Waals surface area contributed by atoms with Crippen molar-refractivity contribution >= 4 is 22.7 Å². The number of fused-ring (bicyclic) bond motifs is 4. The molecule has 5 aromatic rings. The summed E-state index contributed by atoms with van der Waals surface area (Å²) in [5.74, 6) is 1.13. The number of aromatic hydroxyl groups is 1.